The highest BCUT2D eigenvalue weighted by Gasteiger charge is 2.48. The molecule has 2 aliphatic heterocycles. The zero-order chi connectivity index (χ0) is 25.4. The predicted octanol–water partition coefficient (Wildman–Crippen LogP) is 4.80. The lowest BCUT2D eigenvalue weighted by Crippen LogP contribution is -2.44. The number of carbonyl (C=O) groups is 2. The van der Waals surface area contributed by atoms with Crippen LogP contribution in [-0.2, 0) is 9.59 Å². The molecule has 36 heavy (non-hydrogen) atoms. The van der Waals surface area contributed by atoms with Crippen LogP contribution in [0.3, 0.4) is 0 Å². The number of fused-ring (bicyclic) bond motifs is 2. The minimum Gasteiger partial charge on any atom is -0.493 e. The number of halogens is 3. The fourth-order valence-corrected chi connectivity index (χ4v) is 4.50. The Kier molecular flexibility index (Phi) is 5.91. The Labute approximate surface area is 203 Å². The van der Waals surface area contributed by atoms with Crippen LogP contribution >= 0.6 is 0 Å². The number of rotatable bonds is 6. The van der Waals surface area contributed by atoms with Crippen LogP contribution in [0.2, 0.25) is 0 Å². The molecule has 0 bridgehead atoms. The van der Waals surface area contributed by atoms with E-state index in [0.29, 0.717) is 33.2 Å². The average molecular weight is 499 g/mol. The van der Waals surface area contributed by atoms with Gasteiger partial charge in [0.15, 0.2) is 0 Å². The lowest BCUT2D eigenvalue weighted by molar-refractivity contribution is -0.171. The van der Waals surface area contributed by atoms with Gasteiger partial charge in [0.25, 0.3) is 0 Å². The van der Waals surface area contributed by atoms with E-state index in [1.807, 2.05) is 0 Å². The standard InChI is InChI=1S/C25H20F3N3O5/c26-25(27,28)24(34)31(16-6-7-17-14(9-22(32)33)12-35-21(17)10-16)20-13-36-23-18(20)4-1-5-19(23)30-15-3-2-8-29-11-15/h1-8,10-11,14,20,30H,9,12-13H2,(H,32,33)/t14-,20-/m1/s1. The summed E-state index contributed by atoms with van der Waals surface area (Å²) in [7, 11) is 0. The Balaban J connectivity index is 1.52. The maximum Gasteiger partial charge on any atom is 0.471 e. The fourth-order valence-electron chi connectivity index (χ4n) is 4.50. The predicted molar refractivity (Wildman–Crippen MR) is 123 cm³/mol. The van der Waals surface area contributed by atoms with Crippen molar-refractivity contribution in [1.82, 2.24) is 4.98 Å². The van der Waals surface area contributed by atoms with Crippen LogP contribution in [0.15, 0.2) is 60.9 Å². The van der Waals surface area contributed by atoms with Gasteiger partial charge in [-0.05, 0) is 24.3 Å². The van der Waals surface area contributed by atoms with E-state index >= 15 is 0 Å². The molecule has 2 aromatic carbocycles. The normalized spacial score (nSPS) is 18.0. The van der Waals surface area contributed by atoms with E-state index in [1.54, 1.807) is 42.7 Å². The first kappa shape index (κ1) is 23.5. The van der Waals surface area contributed by atoms with Crippen LogP contribution in [0.5, 0.6) is 11.5 Å². The van der Waals surface area contributed by atoms with Crippen molar-refractivity contribution in [3.63, 3.8) is 0 Å². The SMILES string of the molecule is O=C(O)C[C@@H]1COc2cc(N(C(=O)C(F)(F)F)[C@@H]3COc4c(Nc5cccnc5)cccc43)ccc21. The van der Waals surface area contributed by atoms with Crippen molar-refractivity contribution in [3.05, 3.63) is 72.1 Å². The van der Waals surface area contributed by atoms with Gasteiger partial charge in [0.05, 0.1) is 36.6 Å². The molecule has 2 aliphatic rings. The molecular formula is C25H20F3N3O5. The molecule has 11 heteroatoms. The molecule has 186 valence electrons. The van der Waals surface area contributed by atoms with Crippen LogP contribution in [0, 0.1) is 0 Å². The van der Waals surface area contributed by atoms with Crippen molar-refractivity contribution in [1.29, 1.82) is 0 Å². The van der Waals surface area contributed by atoms with Crippen molar-refractivity contribution in [2.45, 2.75) is 24.6 Å². The lowest BCUT2D eigenvalue weighted by atomic mass is 9.97. The maximum absolute atomic E-state index is 13.7. The minimum atomic E-state index is -5.14. The third-order valence-corrected chi connectivity index (χ3v) is 6.08. The van der Waals surface area contributed by atoms with Crippen molar-refractivity contribution in [3.8, 4) is 11.5 Å². The second kappa shape index (κ2) is 9.06. The Morgan fingerprint density at radius 2 is 1.92 bits per heavy atom. The first-order chi connectivity index (χ1) is 17.2. The Morgan fingerprint density at radius 3 is 2.64 bits per heavy atom. The van der Waals surface area contributed by atoms with E-state index in [0.717, 1.165) is 0 Å². The molecule has 0 unspecified atom stereocenters. The number of hydrogen-bond acceptors (Lipinski definition) is 6. The van der Waals surface area contributed by atoms with E-state index < -0.39 is 30.0 Å². The van der Waals surface area contributed by atoms with Crippen molar-refractivity contribution in [2.24, 2.45) is 0 Å². The number of carboxylic acid groups (broad SMARTS) is 1. The molecule has 1 amide bonds. The van der Waals surface area contributed by atoms with E-state index in [-0.39, 0.29) is 31.1 Å². The molecule has 0 spiro atoms. The summed E-state index contributed by atoms with van der Waals surface area (Å²) in [6.07, 6.45) is -2.11. The Hall–Kier alpha value is -4.28. The molecule has 2 N–H and O–H groups in total. The van der Waals surface area contributed by atoms with E-state index in [4.69, 9.17) is 14.6 Å². The Bertz CT molecular complexity index is 1320. The van der Waals surface area contributed by atoms with Gasteiger partial charge in [-0.15, -0.1) is 0 Å². The van der Waals surface area contributed by atoms with Crippen molar-refractivity contribution in [2.75, 3.05) is 23.4 Å². The first-order valence-corrected chi connectivity index (χ1v) is 11.0. The van der Waals surface area contributed by atoms with Crippen LogP contribution in [0.4, 0.5) is 30.2 Å². The summed E-state index contributed by atoms with van der Waals surface area (Å²) in [5.41, 5.74) is 2.14. The van der Waals surface area contributed by atoms with Crippen molar-refractivity contribution < 1.29 is 37.3 Å². The smallest absolute Gasteiger partial charge is 0.471 e. The zero-order valence-electron chi connectivity index (χ0n) is 18.7. The number of hydrogen-bond donors (Lipinski definition) is 2. The number of para-hydroxylation sites is 1. The number of alkyl halides is 3. The van der Waals surface area contributed by atoms with E-state index in [1.165, 1.54) is 18.2 Å². The molecular weight excluding hydrogens is 479 g/mol. The topological polar surface area (TPSA) is 101 Å². The number of nitrogens with zero attached hydrogens (tertiary/aromatic N) is 2. The van der Waals surface area contributed by atoms with Gasteiger partial charge in [0, 0.05) is 35.0 Å². The van der Waals surface area contributed by atoms with Gasteiger partial charge in [0.1, 0.15) is 18.1 Å². The molecule has 3 heterocycles. The molecule has 0 fully saturated rings. The third kappa shape index (κ3) is 4.39. The molecule has 2 atom stereocenters. The molecule has 0 saturated heterocycles. The number of benzene rings is 2. The summed E-state index contributed by atoms with van der Waals surface area (Å²) >= 11 is 0. The second-order valence-electron chi connectivity index (χ2n) is 8.42. The summed E-state index contributed by atoms with van der Waals surface area (Å²) in [6, 6.07) is 11.7. The van der Waals surface area contributed by atoms with Crippen LogP contribution < -0.4 is 19.7 Å². The third-order valence-electron chi connectivity index (χ3n) is 6.08. The number of carbonyl (C=O) groups excluding carboxylic acids is 1. The summed E-state index contributed by atoms with van der Waals surface area (Å²) in [5, 5.41) is 12.2. The molecule has 8 nitrogen and oxygen atoms in total. The summed E-state index contributed by atoms with van der Waals surface area (Å²) in [5.74, 6) is -2.88. The molecule has 5 rings (SSSR count). The fraction of sp³-hybridized carbons (Fsp3) is 0.240. The highest BCUT2D eigenvalue weighted by molar-refractivity contribution is 5.98. The highest BCUT2D eigenvalue weighted by atomic mass is 19.4. The second-order valence-corrected chi connectivity index (χ2v) is 8.42. The zero-order valence-corrected chi connectivity index (χ0v) is 18.7. The first-order valence-electron chi connectivity index (χ1n) is 11.0. The number of carboxylic acids is 1. The molecule has 3 aromatic rings. The number of aliphatic carboxylic acids is 1. The van der Waals surface area contributed by atoms with Gasteiger partial charge in [-0.3, -0.25) is 19.5 Å². The minimum absolute atomic E-state index is 0.0286. The van der Waals surface area contributed by atoms with E-state index in [9.17, 15) is 22.8 Å². The number of nitrogens with one attached hydrogen (secondary N) is 1. The molecule has 0 aliphatic carbocycles. The number of pyridine rings is 1. The summed E-state index contributed by atoms with van der Waals surface area (Å²) in [6.45, 7) is -0.0977. The average Bonchev–Trinajstić information content (AvgIpc) is 3.44. The largest absolute Gasteiger partial charge is 0.493 e. The number of ether oxygens (including phenoxy) is 2. The number of anilines is 3. The maximum atomic E-state index is 13.7. The molecule has 0 radical (unpaired) electrons. The lowest BCUT2D eigenvalue weighted by Gasteiger charge is -2.29. The Morgan fingerprint density at radius 1 is 1.08 bits per heavy atom. The number of aromatic nitrogens is 1. The van der Waals surface area contributed by atoms with Crippen molar-refractivity contribution >= 4 is 28.9 Å². The van der Waals surface area contributed by atoms with Gasteiger partial charge < -0.3 is 19.9 Å². The van der Waals surface area contributed by atoms with Crippen LogP contribution in [0.25, 0.3) is 0 Å². The van der Waals surface area contributed by atoms with Gasteiger partial charge in [-0.2, -0.15) is 13.2 Å². The monoisotopic (exact) mass is 499 g/mol. The summed E-state index contributed by atoms with van der Waals surface area (Å²) < 4.78 is 52.5. The van der Waals surface area contributed by atoms with Crippen LogP contribution in [0.1, 0.15) is 29.5 Å². The highest BCUT2D eigenvalue weighted by Crippen LogP contribution is 2.46. The van der Waals surface area contributed by atoms with Gasteiger partial charge in [-0.1, -0.05) is 18.2 Å². The van der Waals surface area contributed by atoms with Gasteiger partial charge in [0.2, 0.25) is 0 Å². The number of amides is 1. The molecule has 0 saturated carbocycles. The van der Waals surface area contributed by atoms with Crippen LogP contribution in [-0.4, -0.2) is 41.4 Å². The quantitative estimate of drug-likeness (QED) is 0.502. The van der Waals surface area contributed by atoms with Gasteiger partial charge >= 0.3 is 18.1 Å². The summed E-state index contributed by atoms with van der Waals surface area (Å²) in [4.78, 5) is 28.5. The molecule has 1 aromatic heterocycles. The van der Waals surface area contributed by atoms with E-state index in [2.05, 4.69) is 10.3 Å². The van der Waals surface area contributed by atoms with Gasteiger partial charge in [-0.25, -0.2) is 0 Å².